The molecule has 13 aromatic rings. The number of furan rings is 1. The van der Waals surface area contributed by atoms with Crippen molar-refractivity contribution in [3.8, 4) is 56.4 Å². The van der Waals surface area contributed by atoms with E-state index in [1.54, 1.807) is 0 Å². The van der Waals surface area contributed by atoms with E-state index in [2.05, 4.69) is 191 Å². The minimum absolute atomic E-state index is 0.674. The van der Waals surface area contributed by atoms with E-state index in [-0.39, 0.29) is 0 Å². The normalized spacial score (nSPS) is 11.8. The molecule has 63 heavy (non-hydrogen) atoms. The number of hydrogen-bond acceptors (Lipinski definition) is 3. The van der Waals surface area contributed by atoms with Gasteiger partial charge in [0.05, 0.1) is 33.5 Å². The summed E-state index contributed by atoms with van der Waals surface area (Å²) in [4.78, 5) is 10.2. The van der Waals surface area contributed by atoms with Crippen molar-refractivity contribution in [2.24, 2.45) is 0 Å². The zero-order valence-electron chi connectivity index (χ0n) is 34.0. The fraction of sp³-hybridized carbons (Fsp3) is 0. The predicted octanol–water partition coefficient (Wildman–Crippen LogP) is 15.2. The van der Waals surface area contributed by atoms with E-state index in [0.717, 1.165) is 72.4 Å². The van der Waals surface area contributed by atoms with Crippen molar-refractivity contribution in [2.75, 3.05) is 0 Å². The van der Waals surface area contributed by atoms with Crippen LogP contribution in [0.1, 0.15) is 0 Å². The fourth-order valence-corrected chi connectivity index (χ4v) is 9.62. The van der Waals surface area contributed by atoms with Crippen LogP contribution in [0, 0.1) is 0 Å². The molecule has 9 aromatic carbocycles. The molecule has 5 heteroatoms. The van der Waals surface area contributed by atoms with E-state index >= 15 is 0 Å². The zero-order valence-corrected chi connectivity index (χ0v) is 34.0. The third-order valence-electron chi connectivity index (χ3n) is 12.5. The van der Waals surface area contributed by atoms with Gasteiger partial charge in [0.15, 0.2) is 5.82 Å². The van der Waals surface area contributed by atoms with Crippen LogP contribution in [0.3, 0.4) is 0 Å². The first-order chi connectivity index (χ1) is 31.2. The van der Waals surface area contributed by atoms with Crippen molar-refractivity contribution in [2.45, 2.75) is 0 Å². The molecule has 0 radical (unpaired) electrons. The van der Waals surface area contributed by atoms with Crippen LogP contribution in [0.5, 0.6) is 0 Å². The molecule has 294 valence electrons. The number of fused-ring (bicyclic) bond motifs is 9. The van der Waals surface area contributed by atoms with Crippen LogP contribution in [0.15, 0.2) is 223 Å². The van der Waals surface area contributed by atoms with Crippen molar-refractivity contribution in [3.63, 3.8) is 0 Å². The van der Waals surface area contributed by atoms with E-state index in [1.165, 1.54) is 43.7 Å². The van der Waals surface area contributed by atoms with Crippen LogP contribution < -0.4 is 0 Å². The molecule has 13 rings (SSSR count). The minimum Gasteiger partial charge on any atom is -0.455 e. The maximum Gasteiger partial charge on any atom is 0.160 e. The Bertz CT molecular complexity index is 3840. The topological polar surface area (TPSA) is 48.8 Å². The Morgan fingerprint density at radius 2 is 0.857 bits per heavy atom. The molecule has 0 atom stereocenters. The summed E-state index contributed by atoms with van der Waals surface area (Å²) in [6.45, 7) is 0. The first kappa shape index (κ1) is 35.2. The molecule has 0 aliphatic carbocycles. The van der Waals surface area contributed by atoms with Gasteiger partial charge >= 0.3 is 0 Å². The molecule has 0 bridgehead atoms. The van der Waals surface area contributed by atoms with Crippen LogP contribution in [-0.4, -0.2) is 19.1 Å². The molecule has 4 heterocycles. The average molecular weight is 805 g/mol. The van der Waals surface area contributed by atoms with Gasteiger partial charge < -0.3 is 13.6 Å². The molecule has 0 unspecified atom stereocenters. The van der Waals surface area contributed by atoms with Crippen molar-refractivity contribution < 1.29 is 4.42 Å². The molecule has 0 saturated heterocycles. The highest BCUT2D eigenvalue weighted by Crippen LogP contribution is 2.41. The SMILES string of the molecule is c1ccc(-c2cc(-c3cccc4c3oc3ccc(-n5c6ccccc6c6cc(-c7ccc8c(c7)c7ccccc7n8-c7ccccc7)ccc65)cc34)nc(-c3ccccc3)n2)cc1. The van der Waals surface area contributed by atoms with E-state index in [1.807, 2.05) is 36.4 Å². The van der Waals surface area contributed by atoms with E-state index < -0.39 is 0 Å². The second-order valence-electron chi connectivity index (χ2n) is 16.2. The smallest absolute Gasteiger partial charge is 0.160 e. The molecule has 0 amide bonds. The third kappa shape index (κ3) is 5.64. The highest BCUT2D eigenvalue weighted by Gasteiger charge is 2.20. The summed E-state index contributed by atoms with van der Waals surface area (Å²) >= 11 is 0. The van der Waals surface area contributed by atoms with E-state index in [4.69, 9.17) is 14.4 Å². The minimum atomic E-state index is 0.674. The lowest BCUT2D eigenvalue weighted by atomic mass is 10.0. The Balaban J connectivity index is 0.943. The van der Waals surface area contributed by atoms with Crippen molar-refractivity contribution in [1.29, 1.82) is 0 Å². The number of hydrogen-bond donors (Lipinski definition) is 0. The Hall–Kier alpha value is -8.54. The second kappa shape index (κ2) is 14.0. The summed E-state index contributed by atoms with van der Waals surface area (Å²) in [7, 11) is 0. The molecule has 0 N–H and O–H groups in total. The molecule has 0 aliphatic heterocycles. The fourth-order valence-electron chi connectivity index (χ4n) is 9.62. The zero-order chi connectivity index (χ0) is 41.4. The Morgan fingerprint density at radius 1 is 0.317 bits per heavy atom. The largest absolute Gasteiger partial charge is 0.455 e. The summed E-state index contributed by atoms with van der Waals surface area (Å²) in [5, 5.41) is 7.00. The molecule has 4 aromatic heterocycles. The van der Waals surface area contributed by atoms with Crippen molar-refractivity contribution in [1.82, 2.24) is 19.1 Å². The molecule has 0 aliphatic rings. The summed E-state index contributed by atoms with van der Waals surface area (Å²) in [5.41, 5.74) is 15.5. The standard InChI is InChI=1S/C58H36N4O/c1-4-15-37(16-5-1)50-36-51(60-58(59-50)38-17-6-2-7-18-38)46-24-14-23-45-49-35-42(29-32-56(49)63-57(45)46)62-53-26-13-11-22-44(53)48-34-40(28-31-55(48)62)39-27-30-54-47(33-39)43-21-10-12-25-52(43)61(54)41-19-8-3-9-20-41/h1-36H. The van der Waals surface area contributed by atoms with Gasteiger partial charge in [0, 0.05) is 60.4 Å². The van der Waals surface area contributed by atoms with Crippen LogP contribution in [-0.2, 0) is 0 Å². The number of benzene rings is 9. The predicted molar refractivity (Wildman–Crippen MR) is 260 cm³/mol. The molecular weight excluding hydrogens is 769 g/mol. The Morgan fingerprint density at radius 3 is 1.52 bits per heavy atom. The summed E-state index contributed by atoms with van der Waals surface area (Å²) in [6, 6.07) is 77.3. The lowest BCUT2D eigenvalue weighted by Gasteiger charge is -2.10. The third-order valence-corrected chi connectivity index (χ3v) is 12.5. The Labute approximate surface area is 362 Å². The van der Waals surface area contributed by atoms with Gasteiger partial charge in [-0.3, -0.25) is 0 Å². The van der Waals surface area contributed by atoms with E-state index in [0.29, 0.717) is 5.82 Å². The summed E-state index contributed by atoms with van der Waals surface area (Å²) in [6.07, 6.45) is 0. The van der Waals surface area contributed by atoms with Crippen LogP contribution in [0.2, 0.25) is 0 Å². The highest BCUT2D eigenvalue weighted by molar-refractivity contribution is 6.14. The van der Waals surface area contributed by atoms with Gasteiger partial charge in [-0.1, -0.05) is 140 Å². The molecule has 0 saturated carbocycles. The number of aromatic nitrogens is 4. The number of para-hydroxylation sites is 4. The maximum atomic E-state index is 6.75. The summed E-state index contributed by atoms with van der Waals surface area (Å²) in [5.74, 6) is 0.674. The first-order valence-corrected chi connectivity index (χ1v) is 21.3. The van der Waals surface area contributed by atoms with Crippen LogP contribution >= 0.6 is 0 Å². The number of nitrogens with zero attached hydrogens (tertiary/aromatic N) is 4. The Kier molecular flexibility index (Phi) is 7.84. The van der Waals surface area contributed by atoms with Gasteiger partial charge in [-0.2, -0.15) is 0 Å². The van der Waals surface area contributed by atoms with Crippen molar-refractivity contribution >= 4 is 65.6 Å². The maximum absolute atomic E-state index is 6.75. The molecular formula is C58H36N4O. The van der Waals surface area contributed by atoms with E-state index in [9.17, 15) is 0 Å². The first-order valence-electron chi connectivity index (χ1n) is 21.3. The monoisotopic (exact) mass is 804 g/mol. The van der Waals surface area contributed by atoms with Gasteiger partial charge in [-0.25, -0.2) is 9.97 Å². The molecule has 0 fully saturated rings. The average Bonchev–Trinajstić information content (AvgIpc) is 4.01. The molecule has 5 nitrogen and oxygen atoms in total. The highest BCUT2D eigenvalue weighted by atomic mass is 16.3. The van der Waals surface area contributed by atoms with Gasteiger partial charge in [0.25, 0.3) is 0 Å². The number of rotatable bonds is 6. The molecule has 0 spiro atoms. The quantitative estimate of drug-likeness (QED) is 0.168. The van der Waals surface area contributed by atoms with Gasteiger partial charge in [-0.15, -0.1) is 0 Å². The van der Waals surface area contributed by atoms with Gasteiger partial charge in [0.1, 0.15) is 11.2 Å². The van der Waals surface area contributed by atoms with Crippen LogP contribution in [0.4, 0.5) is 0 Å². The lowest BCUT2D eigenvalue weighted by Crippen LogP contribution is -1.96. The lowest BCUT2D eigenvalue weighted by molar-refractivity contribution is 0.669. The van der Waals surface area contributed by atoms with Gasteiger partial charge in [0.2, 0.25) is 0 Å². The van der Waals surface area contributed by atoms with Crippen LogP contribution in [0.25, 0.3) is 122 Å². The van der Waals surface area contributed by atoms with Gasteiger partial charge in [-0.05, 0) is 90.0 Å². The van der Waals surface area contributed by atoms with Crippen molar-refractivity contribution in [3.05, 3.63) is 218 Å². The second-order valence-corrected chi connectivity index (χ2v) is 16.2. The summed E-state index contributed by atoms with van der Waals surface area (Å²) < 4.78 is 11.5.